The van der Waals surface area contributed by atoms with E-state index >= 15 is 0 Å². The van der Waals surface area contributed by atoms with E-state index in [4.69, 9.17) is 0 Å². The maximum atomic E-state index is 11.1. The molecule has 0 spiro atoms. The highest BCUT2D eigenvalue weighted by Gasteiger charge is 2.01. The highest BCUT2D eigenvalue weighted by molar-refractivity contribution is 5.79. The van der Waals surface area contributed by atoms with Crippen molar-refractivity contribution in [3.63, 3.8) is 0 Å². The Bertz CT molecular complexity index is 383. The summed E-state index contributed by atoms with van der Waals surface area (Å²) in [6, 6.07) is 9.48. The van der Waals surface area contributed by atoms with Gasteiger partial charge in [-0.2, -0.15) is 0 Å². The van der Waals surface area contributed by atoms with E-state index in [9.17, 15) is 5.11 Å². The van der Waals surface area contributed by atoms with Crippen LogP contribution in [0.4, 0.5) is 0 Å². The first-order chi connectivity index (χ1) is 5.77. The molecule has 0 fully saturated rings. The Morgan fingerprint density at radius 1 is 1.25 bits per heavy atom. The largest absolute Gasteiger partial charge is 0.273 e. The van der Waals surface area contributed by atoms with E-state index < -0.39 is 0 Å². The molecule has 0 atom stereocenters. The Hall–Kier alpha value is -1.57. The summed E-state index contributed by atoms with van der Waals surface area (Å²) in [7, 11) is 0. The number of fused-ring (bicyclic) bond motifs is 1. The van der Waals surface area contributed by atoms with Crippen molar-refractivity contribution < 1.29 is 5.11 Å². The van der Waals surface area contributed by atoms with Crippen molar-refractivity contribution in [2.24, 2.45) is 0 Å². The van der Waals surface area contributed by atoms with Gasteiger partial charge in [-0.15, -0.1) is 0 Å². The lowest BCUT2D eigenvalue weighted by atomic mass is 10.2. The van der Waals surface area contributed by atoms with Crippen LogP contribution in [0.3, 0.4) is 0 Å². The van der Waals surface area contributed by atoms with Gasteiger partial charge in [0.2, 0.25) is 0 Å². The number of rotatable bonds is 0. The molecule has 0 unspecified atom stereocenters. The van der Waals surface area contributed by atoms with Crippen LogP contribution in [-0.4, -0.2) is 4.98 Å². The maximum Gasteiger partial charge on any atom is 0.273 e. The van der Waals surface area contributed by atoms with Crippen LogP contribution in [0.2, 0.25) is 0 Å². The van der Waals surface area contributed by atoms with Crippen LogP contribution in [-0.2, 0) is 5.11 Å². The van der Waals surface area contributed by atoms with Crippen LogP contribution >= 0.6 is 0 Å². The normalized spacial score (nSPS) is 10.4. The van der Waals surface area contributed by atoms with Crippen molar-refractivity contribution in [1.29, 1.82) is 0 Å². The van der Waals surface area contributed by atoms with E-state index in [-0.39, 0.29) is 5.88 Å². The molecule has 12 heavy (non-hydrogen) atoms. The smallest absolute Gasteiger partial charge is 0.267 e. The monoisotopic (exact) mass is 158 g/mol. The first-order valence-electron chi connectivity index (χ1n) is 3.81. The molecular formula is C10H8NO. The van der Waals surface area contributed by atoms with Gasteiger partial charge in [0.1, 0.15) is 0 Å². The summed E-state index contributed by atoms with van der Waals surface area (Å²) in [5.41, 5.74) is 1.47. The summed E-state index contributed by atoms with van der Waals surface area (Å²) in [5, 5.41) is 12.1. The number of nitrogens with zero attached hydrogens (tertiary/aromatic N) is 1. The fourth-order valence-electron chi connectivity index (χ4n) is 1.20. The quantitative estimate of drug-likeness (QED) is 0.580. The van der Waals surface area contributed by atoms with Crippen molar-refractivity contribution in [3.05, 3.63) is 35.9 Å². The number of benzene rings is 1. The molecule has 1 aromatic heterocycles. The number of aromatic nitrogens is 1. The molecule has 59 valence electrons. The summed E-state index contributed by atoms with van der Waals surface area (Å²) in [5.74, 6) is -0.131. The molecule has 1 radical (unpaired) electrons. The van der Waals surface area contributed by atoms with Crippen molar-refractivity contribution in [1.82, 2.24) is 4.98 Å². The Labute approximate surface area is 70.5 Å². The Kier molecular flexibility index (Phi) is 1.47. The molecule has 1 aromatic carbocycles. The molecule has 2 heteroatoms. The molecule has 0 saturated heterocycles. The highest BCUT2D eigenvalue weighted by atomic mass is 16.3. The van der Waals surface area contributed by atoms with E-state index in [0.29, 0.717) is 5.56 Å². The van der Waals surface area contributed by atoms with Crippen molar-refractivity contribution >= 4 is 10.9 Å². The molecule has 0 aliphatic rings. The zero-order valence-electron chi connectivity index (χ0n) is 6.74. The van der Waals surface area contributed by atoms with Crippen LogP contribution in [0, 0.1) is 6.92 Å². The maximum absolute atomic E-state index is 11.1. The van der Waals surface area contributed by atoms with Crippen LogP contribution < -0.4 is 0 Å². The van der Waals surface area contributed by atoms with Crippen molar-refractivity contribution in [2.45, 2.75) is 6.92 Å². The molecule has 0 saturated carbocycles. The third kappa shape index (κ3) is 1.01. The predicted octanol–water partition coefficient (Wildman–Crippen LogP) is 2.69. The van der Waals surface area contributed by atoms with Crippen LogP contribution in [0.5, 0.6) is 5.88 Å². The van der Waals surface area contributed by atoms with Gasteiger partial charge in [0.15, 0.2) is 0 Å². The summed E-state index contributed by atoms with van der Waals surface area (Å²) >= 11 is 0. The molecule has 0 aliphatic carbocycles. The minimum absolute atomic E-state index is 0.131. The Morgan fingerprint density at radius 2 is 2.00 bits per heavy atom. The topological polar surface area (TPSA) is 32.8 Å². The van der Waals surface area contributed by atoms with Gasteiger partial charge in [-0.05, 0) is 19.1 Å². The van der Waals surface area contributed by atoms with Gasteiger partial charge in [0.25, 0.3) is 5.88 Å². The molecule has 2 nitrogen and oxygen atoms in total. The second-order valence-electron chi connectivity index (χ2n) is 2.80. The fourth-order valence-corrected chi connectivity index (χ4v) is 1.20. The number of para-hydroxylation sites is 1. The van der Waals surface area contributed by atoms with Crippen LogP contribution in [0.1, 0.15) is 5.56 Å². The second kappa shape index (κ2) is 2.48. The Balaban J connectivity index is 2.84. The number of hydrogen-bond donors (Lipinski definition) is 0. The van der Waals surface area contributed by atoms with E-state index in [1.165, 1.54) is 0 Å². The number of pyridine rings is 1. The third-order valence-electron chi connectivity index (χ3n) is 1.87. The Morgan fingerprint density at radius 3 is 2.83 bits per heavy atom. The molecule has 0 amide bonds. The molecule has 0 aliphatic heterocycles. The van der Waals surface area contributed by atoms with Crippen molar-refractivity contribution in [3.8, 4) is 5.88 Å². The van der Waals surface area contributed by atoms with E-state index in [2.05, 4.69) is 4.98 Å². The average Bonchev–Trinajstić information content (AvgIpc) is 2.07. The van der Waals surface area contributed by atoms with E-state index in [1.54, 1.807) is 6.92 Å². The first-order valence-corrected chi connectivity index (χ1v) is 3.81. The zero-order chi connectivity index (χ0) is 8.55. The van der Waals surface area contributed by atoms with Crippen molar-refractivity contribution in [2.75, 3.05) is 0 Å². The molecule has 0 bridgehead atoms. The third-order valence-corrected chi connectivity index (χ3v) is 1.87. The van der Waals surface area contributed by atoms with Gasteiger partial charge in [-0.3, -0.25) is 5.11 Å². The summed E-state index contributed by atoms with van der Waals surface area (Å²) in [6.45, 7) is 1.78. The standard InChI is InChI=1S/C10H8NO/c1-7-6-8-4-2-3-5-9(8)11-10(7)12/h2-6H,1H3. The highest BCUT2D eigenvalue weighted by Crippen LogP contribution is 2.19. The second-order valence-corrected chi connectivity index (χ2v) is 2.80. The predicted molar refractivity (Wildman–Crippen MR) is 46.6 cm³/mol. The summed E-state index contributed by atoms with van der Waals surface area (Å²) < 4.78 is 0. The first kappa shape index (κ1) is 7.10. The molecule has 0 N–H and O–H groups in total. The van der Waals surface area contributed by atoms with E-state index in [0.717, 1.165) is 10.9 Å². The summed E-state index contributed by atoms with van der Waals surface area (Å²) in [6.07, 6.45) is 0. The van der Waals surface area contributed by atoms with Gasteiger partial charge < -0.3 is 0 Å². The molecule has 1 heterocycles. The lowest BCUT2D eigenvalue weighted by Crippen LogP contribution is -1.81. The molecule has 2 aromatic rings. The SMILES string of the molecule is Cc1cc2ccccc2nc1[O]. The van der Waals surface area contributed by atoms with Gasteiger partial charge >= 0.3 is 0 Å². The van der Waals surface area contributed by atoms with Gasteiger partial charge in [-0.25, -0.2) is 4.98 Å². The van der Waals surface area contributed by atoms with Gasteiger partial charge in [0.05, 0.1) is 5.52 Å². The van der Waals surface area contributed by atoms with E-state index in [1.807, 2.05) is 30.3 Å². The average molecular weight is 158 g/mol. The van der Waals surface area contributed by atoms with Crippen LogP contribution in [0.15, 0.2) is 30.3 Å². The number of aryl methyl sites for hydroxylation is 1. The zero-order valence-corrected chi connectivity index (χ0v) is 6.74. The lowest BCUT2D eigenvalue weighted by Gasteiger charge is -1.97. The number of hydrogen-bond acceptors (Lipinski definition) is 1. The fraction of sp³-hybridized carbons (Fsp3) is 0.100. The minimum atomic E-state index is -0.131. The summed E-state index contributed by atoms with van der Waals surface area (Å²) in [4.78, 5) is 3.92. The van der Waals surface area contributed by atoms with Crippen LogP contribution in [0.25, 0.3) is 10.9 Å². The van der Waals surface area contributed by atoms with Gasteiger partial charge in [0, 0.05) is 10.9 Å². The minimum Gasteiger partial charge on any atom is -0.267 e. The molecule has 2 rings (SSSR count). The molecular weight excluding hydrogens is 150 g/mol. The lowest BCUT2D eigenvalue weighted by molar-refractivity contribution is 0.336. The van der Waals surface area contributed by atoms with Gasteiger partial charge in [-0.1, -0.05) is 18.2 Å².